The summed E-state index contributed by atoms with van der Waals surface area (Å²) in [6.07, 6.45) is 0.917. The van der Waals surface area contributed by atoms with Crippen molar-refractivity contribution in [1.29, 1.82) is 0 Å². The van der Waals surface area contributed by atoms with Crippen molar-refractivity contribution in [2.24, 2.45) is 0 Å². The summed E-state index contributed by atoms with van der Waals surface area (Å²) in [5, 5.41) is 13.4. The molecular weight excluding hydrogens is 664 g/mol. The van der Waals surface area contributed by atoms with Crippen LogP contribution in [0.15, 0.2) is 114 Å². The Morgan fingerprint density at radius 3 is 2.49 bits per heavy atom. The lowest BCUT2D eigenvalue weighted by Crippen LogP contribution is -2.45. The maximum Gasteiger partial charge on any atom is 0.333 e. The van der Waals surface area contributed by atoms with Crippen LogP contribution in [-0.2, 0) is 31.2 Å². The average Bonchev–Trinajstić information content (AvgIpc) is 3.52. The Labute approximate surface area is 272 Å². The molecule has 0 bridgehead atoms. The molecule has 1 saturated heterocycles. The molecule has 228 valence electrons. The topological polar surface area (TPSA) is 108 Å². The predicted octanol–water partition coefficient (Wildman–Crippen LogP) is 7.11. The number of esters is 1. The third-order valence-corrected chi connectivity index (χ3v) is 8.86. The van der Waals surface area contributed by atoms with E-state index in [-0.39, 0.29) is 22.9 Å². The van der Waals surface area contributed by atoms with Crippen molar-refractivity contribution in [2.75, 3.05) is 12.0 Å². The molecule has 45 heavy (non-hydrogen) atoms. The van der Waals surface area contributed by atoms with Crippen molar-refractivity contribution in [3.8, 4) is 5.75 Å². The molecule has 2 aliphatic heterocycles. The van der Waals surface area contributed by atoms with Gasteiger partial charge in [-0.05, 0) is 47.5 Å². The molecule has 4 atom stereocenters. The molecule has 0 radical (unpaired) electrons. The molecule has 0 aliphatic carbocycles. The van der Waals surface area contributed by atoms with Crippen LogP contribution in [0, 0.1) is 10.1 Å². The number of methoxy groups -OCH3 is 1. The number of benzene rings is 4. The fourth-order valence-corrected chi connectivity index (χ4v) is 6.65. The van der Waals surface area contributed by atoms with Crippen LogP contribution < -0.4 is 9.64 Å². The number of nitrogens with zero attached hydrogens (tertiary/aromatic N) is 2. The molecule has 1 fully saturated rings. The van der Waals surface area contributed by atoms with E-state index in [0.717, 1.165) is 22.4 Å². The van der Waals surface area contributed by atoms with Gasteiger partial charge in [0.2, 0.25) is 0 Å². The highest BCUT2D eigenvalue weighted by atomic mass is 79.9. The molecule has 0 saturated carbocycles. The molecule has 0 unspecified atom stereocenters. The van der Waals surface area contributed by atoms with E-state index in [0.29, 0.717) is 16.8 Å². The van der Waals surface area contributed by atoms with Gasteiger partial charge in [0, 0.05) is 25.5 Å². The first-order chi connectivity index (χ1) is 21.7. The van der Waals surface area contributed by atoms with Crippen LogP contribution in [0.4, 0.5) is 5.69 Å². The molecule has 6 rings (SSSR count). The van der Waals surface area contributed by atoms with E-state index in [2.05, 4.69) is 20.7 Å². The lowest BCUT2D eigenvalue weighted by atomic mass is 9.75. The zero-order valence-corrected chi connectivity index (χ0v) is 26.2. The second-order valence-electron chi connectivity index (χ2n) is 10.6. The largest absolute Gasteiger partial charge is 0.466 e. The molecule has 0 aromatic heterocycles. The Bertz CT molecular complexity index is 1800. The van der Waals surface area contributed by atoms with Gasteiger partial charge in [-0.2, -0.15) is 0 Å². The van der Waals surface area contributed by atoms with Crippen molar-refractivity contribution >= 4 is 45.1 Å². The third kappa shape index (κ3) is 5.50. The third-order valence-electron chi connectivity index (χ3n) is 8.10. The predicted molar refractivity (Wildman–Crippen MR) is 170 cm³/mol. The lowest BCUT2D eigenvalue weighted by molar-refractivity contribution is -0.531. The minimum absolute atomic E-state index is 0.169. The van der Waals surface area contributed by atoms with Gasteiger partial charge in [0.05, 0.1) is 37.6 Å². The Balaban J connectivity index is 1.55. The highest BCUT2D eigenvalue weighted by Crippen LogP contribution is 2.61. The summed E-state index contributed by atoms with van der Waals surface area (Å²) < 4.78 is 18.0. The maximum absolute atomic E-state index is 14.9. The Kier molecular flexibility index (Phi) is 8.46. The van der Waals surface area contributed by atoms with Gasteiger partial charge >= 0.3 is 5.97 Å². The molecule has 4 aromatic rings. The summed E-state index contributed by atoms with van der Waals surface area (Å²) in [7, 11) is 1.23. The van der Waals surface area contributed by atoms with Gasteiger partial charge in [-0.15, -0.1) is 0 Å². The monoisotopic (exact) mass is 688 g/mol. The standard InChI is InChI=1S/C34H26BrClN2O7/c1-43-29(39)17-18-44-28-16-15-24(36)19-25(28)32-31(38(41)42)30(22-11-13-23(35)14-12-22)34(45-32)26-9-5-6-10-27(26)37(33(34)40)20-21-7-3-2-4-8-21/h2-19,30-32H,20H2,1H3/b18-17+/t30-,31-,32-,34+/m0/s1. The van der Waals surface area contributed by atoms with Crippen molar-refractivity contribution in [3.05, 3.63) is 151 Å². The van der Waals surface area contributed by atoms with Gasteiger partial charge in [0.25, 0.3) is 11.9 Å². The van der Waals surface area contributed by atoms with Crippen LogP contribution in [-0.4, -0.2) is 30.0 Å². The number of para-hydroxylation sites is 1. The molecule has 11 heteroatoms. The number of amides is 1. The van der Waals surface area contributed by atoms with Crippen LogP contribution >= 0.6 is 27.5 Å². The first-order valence-corrected chi connectivity index (χ1v) is 15.1. The molecule has 2 aliphatic rings. The first-order valence-electron chi connectivity index (χ1n) is 14.0. The zero-order chi connectivity index (χ0) is 31.7. The van der Waals surface area contributed by atoms with E-state index in [1.54, 1.807) is 47.4 Å². The molecule has 0 N–H and O–H groups in total. The minimum Gasteiger partial charge on any atom is -0.466 e. The first kappa shape index (κ1) is 30.5. The number of hydrogen-bond acceptors (Lipinski definition) is 7. The minimum atomic E-state index is -1.76. The molecule has 9 nitrogen and oxygen atoms in total. The van der Waals surface area contributed by atoms with Crippen LogP contribution in [0.2, 0.25) is 5.02 Å². The fraction of sp³-hybridized carbons (Fsp3) is 0.176. The van der Waals surface area contributed by atoms with E-state index in [1.165, 1.54) is 19.2 Å². The summed E-state index contributed by atoms with van der Waals surface area (Å²) in [5.41, 5.74) is 1.08. The highest BCUT2D eigenvalue weighted by Gasteiger charge is 2.70. The summed E-state index contributed by atoms with van der Waals surface area (Å²) in [5.74, 6) is -1.93. The smallest absolute Gasteiger partial charge is 0.333 e. The fourth-order valence-electron chi connectivity index (χ4n) is 6.21. The van der Waals surface area contributed by atoms with Crippen molar-refractivity contribution in [3.63, 3.8) is 0 Å². The number of ether oxygens (including phenoxy) is 3. The second kappa shape index (κ2) is 12.5. The Hall–Kier alpha value is -4.51. The van der Waals surface area contributed by atoms with Gasteiger partial charge in [-0.25, -0.2) is 4.79 Å². The van der Waals surface area contributed by atoms with Crippen LogP contribution in [0.25, 0.3) is 0 Å². The van der Waals surface area contributed by atoms with Crippen molar-refractivity contribution in [2.45, 2.75) is 30.2 Å². The van der Waals surface area contributed by atoms with Crippen molar-refractivity contribution < 1.29 is 28.7 Å². The normalized spacial score (nSPS) is 22.2. The number of carbonyl (C=O) groups is 2. The van der Waals surface area contributed by atoms with E-state index in [1.807, 2.05) is 42.5 Å². The van der Waals surface area contributed by atoms with Gasteiger partial charge in [0.1, 0.15) is 5.75 Å². The molecular formula is C34H26BrClN2O7. The number of anilines is 1. The summed E-state index contributed by atoms with van der Waals surface area (Å²) in [4.78, 5) is 40.9. The molecule has 2 heterocycles. The molecule has 1 amide bonds. The number of rotatable bonds is 8. The lowest BCUT2D eigenvalue weighted by Gasteiger charge is -2.29. The maximum atomic E-state index is 14.9. The van der Waals surface area contributed by atoms with Gasteiger partial charge in [-0.3, -0.25) is 14.9 Å². The van der Waals surface area contributed by atoms with E-state index in [9.17, 15) is 19.7 Å². The van der Waals surface area contributed by atoms with E-state index < -0.39 is 40.5 Å². The van der Waals surface area contributed by atoms with Crippen LogP contribution in [0.3, 0.4) is 0 Å². The Morgan fingerprint density at radius 2 is 1.78 bits per heavy atom. The van der Waals surface area contributed by atoms with Gasteiger partial charge in [-0.1, -0.05) is 88.2 Å². The number of fused-ring (bicyclic) bond motifs is 2. The Morgan fingerprint density at radius 1 is 1.07 bits per heavy atom. The highest BCUT2D eigenvalue weighted by molar-refractivity contribution is 9.10. The molecule has 1 spiro atoms. The zero-order valence-electron chi connectivity index (χ0n) is 23.8. The second-order valence-corrected chi connectivity index (χ2v) is 12.0. The van der Waals surface area contributed by atoms with Crippen LogP contribution in [0.5, 0.6) is 5.75 Å². The van der Waals surface area contributed by atoms with E-state index in [4.69, 9.17) is 21.1 Å². The van der Waals surface area contributed by atoms with Crippen LogP contribution in [0.1, 0.15) is 34.3 Å². The number of halogens is 2. The quantitative estimate of drug-likeness (QED) is 0.0638. The SMILES string of the molecule is COC(=O)/C=C/Oc1ccc(Cl)cc1[C@@H]1O[C@@]2(C(=O)N(Cc3ccccc3)c3ccccc32)[C@@H](c2ccc(Br)cc2)[C@@H]1[N+](=O)[O-]. The van der Waals surface area contributed by atoms with Crippen molar-refractivity contribution in [1.82, 2.24) is 0 Å². The summed E-state index contributed by atoms with van der Waals surface area (Å²) >= 11 is 9.87. The van der Waals surface area contributed by atoms with Gasteiger partial charge in [0.15, 0.2) is 11.7 Å². The van der Waals surface area contributed by atoms with E-state index >= 15 is 0 Å². The number of hydrogen-bond donors (Lipinski definition) is 0. The van der Waals surface area contributed by atoms with Gasteiger partial charge < -0.3 is 19.1 Å². The summed E-state index contributed by atoms with van der Waals surface area (Å²) in [6, 6.07) is 27.0. The summed E-state index contributed by atoms with van der Waals surface area (Å²) in [6.45, 7) is 0.243. The molecule has 4 aromatic carbocycles. The number of carbonyl (C=O) groups excluding carboxylic acids is 2. The number of nitro groups is 1. The average molecular weight is 690 g/mol.